The summed E-state index contributed by atoms with van der Waals surface area (Å²) in [6.45, 7) is 5.97. The molecular formula is C14H21N5S. The molecule has 2 N–H and O–H groups in total. The first-order valence-electron chi connectivity index (χ1n) is 7.06. The average molecular weight is 291 g/mol. The van der Waals surface area contributed by atoms with Gasteiger partial charge in [0.15, 0.2) is 0 Å². The quantitative estimate of drug-likeness (QED) is 0.783. The minimum Gasteiger partial charge on any atom is -0.370 e. The molecule has 0 aliphatic heterocycles. The third-order valence-electron chi connectivity index (χ3n) is 2.77. The highest BCUT2D eigenvalue weighted by molar-refractivity contribution is 7.09. The molecule has 108 valence electrons. The summed E-state index contributed by atoms with van der Waals surface area (Å²) in [6, 6.07) is 1.97. The summed E-state index contributed by atoms with van der Waals surface area (Å²) in [6.07, 6.45) is 4.68. The van der Waals surface area contributed by atoms with Gasteiger partial charge in [-0.05, 0) is 6.42 Å². The fraction of sp³-hybridized carbons (Fsp3) is 0.500. The van der Waals surface area contributed by atoms with Crippen molar-refractivity contribution in [3.05, 3.63) is 28.5 Å². The molecule has 0 aromatic carbocycles. The van der Waals surface area contributed by atoms with Gasteiger partial charge in [0.25, 0.3) is 0 Å². The second-order valence-corrected chi connectivity index (χ2v) is 5.42. The van der Waals surface area contributed by atoms with E-state index in [0.717, 1.165) is 54.8 Å². The lowest BCUT2D eigenvalue weighted by molar-refractivity contribution is 0.907. The van der Waals surface area contributed by atoms with Crippen molar-refractivity contribution in [1.82, 2.24) is 15.0 Å². The van der Waals surface area contributed by atoms with E-state index in [-0.39, 0.29) is 0 Å². The van der Waals surface area contributed by atoms with E-state index in [1.807, 2.05) is 17.6 Å². The Kier molecular flexibility index (Phi) is 5.73. The molecule has 2 aromatic heterocycles. The van der Waals surface area contributed by atoms with Crippen LogP contribution in [0.2, 0.25) is 0 Å². The zero-order chi connectivity index (χ0) is 14.2. The van der Waals surface area contributed by atoms with Crippen molar-refractivity contribution in [2.24, 2.45) is 0 Å². The molecule has 0 spiro atoms. The molecule has 0 amide bonds. The standard InChI is InChI=1S/C14H21N5S/c1-3-6-15-12-10-13(19-11(4-2)18-12)16-7-5-14-17-8-9-20-14/h8-10H,3-7H2,1-2H3,(H2,15,16,18,19). The van der Waals surface area contributed by atoms with Gasteiger partial charge in [-0.2, -0.15) is 0 Å². The number of aryl methyl sites for hydroxylation is 1. The first kappa shape index (κ1) is 14.7. The van der Waals surface area contributed by atoms with Crippen LogP contribution in [0.25, 0.3) is 0 Å². The zero-order valence-electron chi connectivity index (χ0n) is 12.0. The van der Waals surface area contributed by atoms with Crippen LogP contribution in [0, 0.1) is 0 Å². The number of nitrogens with zero attached hydrogens (tertiary/aromatic N) is 3. The predicted octanol–water partition coefficient (Wildman–Crippen LogP) is 2.97. The van der Waals surface area contributed by atoms with Gasteiger partial charge in [-0.25, -0.2) is 15.0 Å². The molecule has 6 heteroatoms. The topological polar surface area (TPSA) is 62.7 Å². The normalized spacial score (nSPS) is 10.5. The Morgan fingerprint density at radius 3 is 2.45 bits per heavy atom. The van der Waals surface area contributed by atoms with E-state index in [9.17, 15) is 0 Å². The van der Waals surface area contributed by atoms with Crippen LogP contribution in [0.5, 0.6) is 0 Å². The van der Waals surface area contributed by atoms with Gasteiger partial charge >= 0.3 is 0 Å². The van der Waals surface area contributed by atoms with E-state index in [4.69, 9.17) is 0 Å². The Bertz CT molecular complexity index is 512. The maximum absolute atomic E-state index is 4.50. The average Bonchev–Trinajstić information content (AvgIpc) is 2.98. The van der Waals surface area contributed by atoms with Crippen molar-refractivity contribution in [2.75, 3.05) is 23.7 Å². The Balaban J connectivity index is 1.94. The highest BCUT2D eigenvalue weighted by Crippen LogP contribution is 2.12. The molecule has 0 aliphatic rings. The largest absolute Gasteiger partial charge is 0.370 e. The van der Waals surface area contributed by atoms with E-state index in [2.05, 4.69) is 39.4 Å². The minimum atomic E-state index is 0.834. The van der Waals surface area contributed by atoms with E-state index in [0.29, 0.717) is 0 Å². The minimum absolute atomic E-state index is 0.834. The van der Waals surface area contributed by atoms with Gasteiger partial charge in [-0.15, -0.1) is 11.3 Å². The fourth-order valence-corrected chi connectivity index (χ4v) is 2.38. The zero-order valence-corrected chi connectivity index (χ0v) is 12.8. The van der Waals surface area contributed by atoms with Crippen LogP contribution in [0.15, 0.2) is 17.6 Å². The number of anilines is 2. The van der Waals surface area contributed by atoms with Crippen molar-refractivity contribution in [3.63, 3.8) is 0 Å². The molecule has 2 rings (SSSR count). The SMILES string of the molecule is CCCNc1cc(NCCc2nccs2)nc(CC)n1. The van der Waals surface area contributed by atoms with Crippen LogP contribution in [-0.2, 0) is 12.8 Å². The lowest BCUT2D eigenvalue weighted by atomic mass is 10.4. The molecule has 2 heterocycles. The highest BCUT2D eigenvalue weighted by atomic mass is 32.1. The molecular weight excluding hydrogens is 270 g/mol. The van der Waals surface area contributed by atoms with Crippen molar-refractivity contribution in [1.29, 1.82) is 0 Å². The molecule has 5 nitrogen and oxygen atoms in total. The Morgan fingerprint density at radius 2 is 1.85 bits per heavy atom. The van der Waals surface area contributed by atoms with Gasteiger partial charge in [-0.1, -0.05) is 13.8 Å². The summed E-state index contributed by atoms with van der Waals surface area (Å²) >= 11 is 1.68. The first-order chi connectivity index (χ1) is 9.81. The summed E-state index contributed by atoms with van der Waals surface area (Å²) < 4.78 is 0. The molecule has 2 aromatic rings. The lowest BCUT2D eigenvalue weighted by Crippen LogP contribution is -2.10. The monoisotopic (exact) mass is 291 g/mol. The van der Waals surface area contributed by atoms with Crippen LogP contribution in [0.3, 0.4) is 0 Å². The van der Waals surface area contributed by atoms with Crippen LogP contribution >= 0.6 is 11.3 Å². The highest BCUT2D eigenvalue weighted by Gasteiger charge is 2.03. The molecule has 0 radical (unpaired) electrons. The van der Waals surface area contributed by atoms with E-state index in [1.165, 1.54) is 0 Å². The summed E-state index contributed by atoms with van der Waals surface area (Å²) in [5.41, 5.74) is 0. The number of hydrogen-bond donors (Lipinski definition) is 2. The second-order valence-electron chi connectivity index (χ2n) is 4.44. The van der Waals surface area contributed by atoms with Gasteiger partial charge in [0.05, 0.1) is 5.01 Å². The van der Waals surface area contributed by atoms with Crippen LogP contribution in [0.4, 0.5) is 11.6 Å². The lowest BCUT2D eigenvalue weighted by Gasteiger charge is -2.10. The first-order valence-corrected chi connectivity index (χ1v) is 7.93. The van der Waals surface area contributed by atoms with Gasteiger partial charge in [0.1, 0.15) is 17.5 Å². The second kappa shape index (κ2) is 7.79. The third kappa shape index (κ3) is 4.45. The van der Waals surface area contributed by atoms with Crippen LogP contribution < -0.4 is 10.6 Å². The number of thiazole rings is 1. The van der Waals surface area contributed by atoms with Crippen molar-refractivity contribution < 1.29 is 0 Å². The third-order valence-corrected chi connectivity index (χ3v) is 3.61. The molecule has 0 aliphatic carbocycles. The van der Waals surface area contributed by atoms with Gasteiger partial charge < -0.3 is 10.6 Å². The molecule has 0 fully saturated rings. The summed E-state index contributed by atoms with van der Waals surface area (Å²) in [5.74, 6) is 2.64. The number of hydrogen-bond acceptors (Lipinski definition) is 6. The smallest absolute Gasteiger partial charge is 0.132 e. The van der Waals surface area contributed by atoms with E-state index < -0.39 is 0 Å². The Morgan fingerprint density at radius 1 is 1.10 bits per heavy atom. The van der Waals surface area contributed by atoms with Gasteiger partial charge in [-0.3, -0.25) is 0 Å². The Hall–Kier alpha value is -1.69. The fourth-order valence-electron chi connectivity index (χ4n) is 1.76. The van der Waals surface area contributed by atoms with Crippen molar-refractivity contribution >= 4 is 23.0 Å². The Labute approximate surface area is 123 Å². The summed E-state index contributed by atoms with van der Waals surface area (Å²) in [7, 11) is 0. The summed E-state index contributed by atoms with van der Waals surface area (Å²) in [5, 5.41) is 9.81. The van der Waals surface area contributed by atoms with E-state index >= 15 is 0 Å². The molecule has 20 heavy (non-hydrogen) atoms. The molecule has 0 unspecified atom stereocenters. The van der Waals surface area contributed by atoms with Gasteiger partial charge in [0.2, 0.25) is 0 Å². The maximum atomic E-state index is 4.50. The van der Waals surface area contributed by atoms with Gasteiger partial charge in [0, 0.05) is 43.6 Å². The van der Waals surface area contributed by atoms with Crippen LogP contribution in [0.1, 0.15) is 31.1 Å². The molecule has 0 saturated carbocycles. The number of rotatable bonds is 8. The maximum Gasteiger partial charge on any atom is 0.132 e. The molecule has 0 atom stereocenters. The van der Waals surface area contributed by atoms with Crippen molar-refractivity contribution in [2.45, 2.75) is 33.1 Å². The van der Waals surface area contributed by atoms with Crippen molar-refractivity contribution in [3.8, 4) is 0 Å². The molecule has 0 bridgehead atoms. The van der Waals surface area contributed by atoms with Crippen LogP contribution in [-0.4, -0.2) is 28.0 Å². The predicted molar refractivity (Wildman–Crippen MR) is 84.5 cm³/mol. The summed E-state index contributed by atoms with van der Waals surface area (Å²) in [4.78, 5) is 13.2. The van der Waals surface area contributed by atoms with E-state index in [1.54, 1.807) is 11.3 Å². The molecule has 0 saturated heterocycles. The number of nitrogens with one attached hydrogen (secondary N) is 2. The number of aromatic nitrogens is 3.